The van der Waals surface area contributed by atoms with E-state index in [0.717, 1.165) is 6.07 Å². The van der Waals surface area contributed by atoms with Gasteiger partial charge < -0.3 is 10.4 Å². The molecule has 1 amide bonds. The Kier molecular flexibility index (Phi) is 3.38. The van der Waals surface area contributed by atoms with Crippen LogP contribution in [-0.2, 0) is 4.79 Å². The van der Waals surface area contributed by atoms with Gasteiger partial charge in [0, 0.05) is 5.56 Å². The van der Waals surface area contributed by atoms with Crippen LogP contribution < -0.4 is 5.32 Å². The van der Waals surface area contributed by atoms with Crippen LogP contribution in [0.15, 0.2) is 18.2 Å². The van der Waals surface area contributed by atoms with Crippen LogP contribution in [0, 0.1) is 12.7 Å². The van der Waals surface area contributed by atoms with Crippen molar-refractivity contribution in [2.24, 2.45) is 0 Å². The Morgan fingerprint density at radius 1 is 1.47 bits per heavy atom. The minimum atomic E-state index is -1.14. The average molecular weight is 211 g/mol. The molecular formula is C10H10FNO3. The van der Waals surface area contributed by atoms with Gasteiger partial charge in [-0.3, -0.25) is 9.59 Å². The zero-order valence-electron chi connectivity index (χ0n) is 8.08. The summed E-state index contributed by atoms with van der Waals surface area (Å²) in [7, 11) is 0. The third-order valence-electron chi connectivity index (χ3n) is 1.84. The van der Waals surface area contributed by atoms with E-state index in [-0.39, 0.29) is 5.56 Å². The largest absolute Gasteiger partial charge is 0.480 e. The molecule has 0 spiro atoms. The number of aryl methyl sites for hydroxylation is 1. The van der Waals surface area contributed by atoms with E-state index in [4.69, 9.17) is 5.11 Å². The van der Waals surface area contributed by atoms with Crippen LogP contribution in [0.3, 0.4) is 0 Å². The molecule has 0 aliphatic rings. The van der Waals surface area contributed by atoms with Gasteiger partial charge >= 0.3 is 5.97 Å². The number of hydrogen-bond donors (Lipinski definition) is 2. The molecule has 0 atom stereocenters. The number of rotatable bonds is 3. The summed E-state index contributed by atoms with van der Waals surface area (Å²) in [5.41, 5.74) is 0.746. The summed E-state index contributed by atoms with van der Waals surface area (Å²) in [4.78, 5) is 21.6. The number of carbonyl (C=O) groups excluding carboxylic acids is 1. The van der Waals surface area contributed by atoms with Crippen molar-refractivity contribution in [1.29, 1.82) is 0 Å². The Hall–Kier alpha value is -1.91. The van der Waals surface area contributed by atoms with Crippen LogP contribution in [0.1, 0.15) is 15.9 Å². The van der Waals surface area contributed by atoms with Crippen molar-refractivity contribution in [3.63, 3.8) is 0 Å². The van der Waals surface area contributed by atoms with Crippen molar-refractivity contribution in [1.82, 2.24) is 5.32 Å². The summed E-state index contributed by atoms with van der Waals surface area (Å²) >= 11 is 0. The van der Waals surface area contributed by atoms with Crippen molar-refractivity contribution >= 4 is 11.9 Å². The van der Waals surface area contributed by atoms with Crippen molar-refractivity contribution in [3.05, 3.63) is 35.1 Å². The molecule has 0 aliphatic heterocycles. The highest BCUT2D eigenvalue weighted by Crippen LogP contribution is 2.09. The van der Waals surface area contributed by atoms with Gasteiger partial charge in [-0.05, 0) is 24.6 Å². The van der Waals surface area contributed by atoms with Gasteiger partial charge in [0.25, 0.3) is 5.91 Å². The second-order valence-corrected chi connectivity index (χ2v) is 3.04. The average Bonchev–Trinajstić information content (AvgIpc) is 2.18. The molecule has 0 aliphatic carbocycles. The Bertz CT molecular complexity index is 404. The van der Waals surface area contributed by atoms with Gasteiger partial charge in [-0.25, -0.2) is 4.39 Å². The lowest BCUT2D eigenvalue weighted by atomic mass is 10.1. The van der Waals surface area contributed by atoms with Crippen LogP contribution in [0.2, 0.25) is 0 Å². The van der Waals surface area contributed by atoms with E-state index in [1.807, 2.05) is 0 Å². The number of carboxylic acids is 1. The Morgan fingerprint density at radius 2 is 2.13 bits per heavy atom. The highest BCUT2D eigenvalue weighted by Gasteiger charge is 2.10. The van der Waals surface area contributed by atoms with Gasteiger partial charge in [0.2, 0.25) is 0 Å². The lowest BCUT2D eigenvalue weighted by Gasteiger charge is -2.05. The fraction of sp³-hybridized carbons (Fsp3) is 0.200. The summed E-state index contributed by atoms with van der Waals surface area (Å²) < 4.78 is 12.8. The first kappa shape index (κ1) is 11.2. The van der Waals surface area contributed by atoms with Gasteiger partial charge in [0.1, 0.15) is 12.4 Å². The van der Waals surface area contributed by atoms with Crippen molar-refractivity contribution in [2.75, 3.05) is 6.54 Å². The number of aliphatic carboxylic acids is 1. The molecule has 0 bridgehead atoms. The number of amides is 1. The van der Waals surface area contributed by atoms with Crippen LogP contribution >= 0.6 is 0 Å². The van der Waals surface area contributed by atoms with Crippen molar-refractivity contribution < 1.29 is 19.1 Å². The van der Waals surface area contributed by atoms with Gasteiger partial charge in [0.05, 0.1) is 0 Å². The predicted octanol–water partition coefficient (Wildman–Crippen LogP) is 0.949. The third-order valence-corrected chi connectivity index (χ3v) is 1.84. The standard InChI is InChI=1S/C10H10FNO3/c1-6-2-3-7(11)4-8(6)10(15)12-5-9(13)14/h2-4H,5H2,1H3,(H,12,15)(H,13,14). The Morgan fingerprint density at radius 3 is 2.73 bits per heavy atom. The summed E-state index contributed by atoms with van der Waals surface area (Å²) in [6, 6.07) is 3.78. The highest BCUT2D eigenvalue weighted by atomic mass is 19.1. The zero-order valence-corrected chi connectivity index (χ0v) is 8.08. The van der Waals surface area contributed by atoms with Gasteiger partial charge in [0.15, 0.2) is 0 Å². The highest BCUT2D eigenvalue weighted by molar-refractivity contribution is 5.97. The van der Waals surface area contributed by atoms with E-state index >= 15 is 0 Å². The van der Waals surface area contributed by atoms with Crippen LogP contribution in [0.5, 0.6) is 0 Å². The minimum absolute atomic E-state index is 0.149. The molecule has 2 N–H and O–H groups in total. The first-order chi connectivity index (χ1) is 7.00. The van der Waals surface area contributed by atoms with E-state index in [9.17, 15) is 14.0 Å². The minimum Gasteiger partial charge on any atom is -0.480 e. The molecule has 1 rings (SSSR count). The van der Waals surface area contributed by atoms with Crippen LogP contribution in [0.4, 0.5) is 4.39 Å². The molecular weight excluding hydrogens is 201 g/mol. The molecule has 0 aromatic heterocycles. The fourth-order valence-corrected chi connectivity index (χ4v) is 1.09. The zero-order chi connectivity index (χ0) is 11.4. The summed E-state index contributed by atoms with van der Waals surface area (Å²) in [5.74, 6) is -2.26. The van der Waals surface area contributed by atoms with E-state index in [1.165, 1.54) is 12.1 Å². The Labute approximate surface area is 85.7 Å². The first-order valence-corrected chi connectivity index (χ1v) is 4.27. The Balaban J connectivity index is 2.81. The lowest BCUT2D eigenvalue weighted by Crippen LogP contribution is -2.29. The second-order valence-electron chi connectivity index (χ2n) is 3.04. The quantitative estimate of drug-likeness (QED) is 0.782. The van der Waals surface area contributed by atoms with E-state index in [2.05, 4.69) is 5.32 Å². The number of carbonyl (C=O) groups is 2. The number of nitrogens with one attached hydrogen (secondary N) is 1. The number of halogens is 1. The maximum Gasteiger partial charge on any atom is 0.322 e. The number of carboxylic acid groups (broad SMARTS) is 1. The van der Waals surface area contributed by atoms with E-state index in [1.54, 1.807) is 6.92 Å². The van der Waals surface area contributed by atoms with E-state index in [0.29, 0.717) is 5.56 Å². The molecule has 80 valence electrons. The molecule has 0 fully saturated rings. The monoisotopic (exact) mass is 211 g/mol. The van der Waals surface area contributed by atoms with Gasteiger partial charge in [-0.1, -0.05) is 6.07 Å². The lowest BCUT2D eigenvalue weighted by molar-refractivity contribution is -0.135. The topological polar surface area (TPSA) is 66.4 Å². The maximum atomic E-state index is 12.8. The van der Waals surface area contributed by atoms with Crippen LogP contribution in [-0.4, -0.2) is 23.5 Å². The summed E-state index contributed by atoms with van der Waals surface area (Å²) in [5, 5.41) is 10.5. The van der Waals surface area contributed by atoms with Crippen molar-refractivity contribution in [2.45, 2.75) is 6.92 Å². The number of benzene rings is 1. The molecule has 15 heavy (non-hydrogen) atoms. The van der Waals surface area contributed by atoms with Crippen molar-refractivity contribution in [3.8, 4) is 0 Å². The second kappa shape index (κ2) is 4.54. The van der Waals surface area contributed by atoms with Gasteiger partial charge in [-0.2, -0.15) is 0 Å². The van der Waals surface area contributed by atoms with Crippen LogP contribution in [0.25, 0.3) is 0 Å². The molecule has 1 aromatic rings. The molecule has 0 radical (unpaired) electrons. The molecule has 0 heterocycles. The van der Waals surface area contributed by atoms with E-state index < -0.39 is 24.2 Å². The molecule has 1 aromatic carbocycles. The predicted molar refractivity (Wildman–Crippen MR) is 51.1 cm³/mol. The summed E-state index contributed by atoms with van der Waals surface area (Å²) in [6.45, 7) is 1.17. The molecule has 4 nitrogen and oxygen atoms in total. The molecule has 0 unspecified atom stereocenters. The van der Waals surface area contributed by atoms with Gasteiger partial charge in [-0.15, -0.1) is 0 Å². The molecule has 0 saturated carbocycles. The number of hydrogen-bond acceptors (Lipinski definition) is 2. The molecule has 0 saturated heterocycles. The maximum absolute atomic E-state index is 12.8. The first-order valence-electron chi connectivity index (χ1n) is 4.27. The third kappa shape index (κ3) is 3.05. The normalized spacial score (nSPS) is 9.73. The smallest absolute Gasteiger partial charge is 0.322 e. The fourth-order valence-electron chi connectivity index (χ4n) is 1.09. The SMILES string of the molecule is Cc1ccc(F)cc1C(=O)NCC(=O)O. The molecule has 5 heteroatoms. The summed E-state index contributed by atoms with van der Waals surface area (Å²) in [6.07, 6.45) is 0.